The van der Waals surface area contributed by atoms with E-state index >= 15 is 0 Å². The maximum absolute atomic E-state index is 10.2. The molecule has 2 atom stereocenters. The lowest BCUT2D eigenvalue weighted by Crippen LogP contribution is -2.36. The van der Waals surface area contributed by atoms with E-state index in [4.69, 9.17) is 15.4 Å². The molecule has 0 aromatic carbocycles. The average Bonchev–Trinajstić information content (AvgIpc) is 1.98. The van der Waals surface area contributed by atoms with Crippen LogP contribution in [0, 0.1) is 5.92 Å². The minimum absolute atomic E-state index is 0.0718. The minimum Gasteiger partial charge on any atom is -0.480 e. The Kier molecular flexibility index (Phi) is 7.61. The van der Waals surface area contributed by atoms with Crippen molar-refractivity contribution in [3.63, 3.8) is 0 Å². The highest BCUT2D eigenvalue weighted by atomic mass is 32.2. The first kappa shape index (κ1) is 15.8. The van der Waals surface area contributed by atoms with E-state index in [1.54, 1.807) is 0 Å². The molecule has 0 radical (unpaired) electrons. The third-order valence-corrected chi connectivity index (χ3v) is 1.54. The van der Waals surface area contributed by atoms with E-state index in [9.17, 15) is 13.2 Å². The topological polar surface area (TPSA) is 118 Å². The Morgan fingerprint density at radius 1 is 1.50 bits per heavy atom. The lowest BCUT2D eigenvalue weighted by Gasteiger charge is -2.11. The molecule has 0 heterocycles. The number of rotatable bonds is 3. The van der Waals surface area contributed by atoms with Gasteiger partial charge in [0.15, 0.2) is 0 Å². The highest BCUT2D eigenvalue weighted by Gasteiger charge is 2.17. The van der Waals surface area contributed by atoms with Crippen LogP contribution in [0.3, 0.4) is 0 Å². The number of hydrogen-bond acceptors (Lipinski definition) is 4. The SMILES string of the molecule is CCC(C)C(N)C(=O)O.CS(=O)(=O)O. The summed E-state index contributed by atoms with van der Waals surface area (Å²) in [5, 5.41) is 8.36. The predicted octanol–water partition coefficient (Wildman–Crippen LogP) is -0.0516. The first-order valence-corrected chi connectivity index (χ1v) is 5.85. The summed E-state index contributed by atoms with van der Waals surface area (Å²) in [7, 11) is -3.67. The summed E-state index contributed by atoms with van der Waals surface area (Å²) in [5.41, 5.74) is 5.27. The number of aliphatic carboxylic acids is 1. The number of hydrogen-bond donors (Lipinski definition) is 3. The monoisotopic (exact) mass is 227 g/mol. The highest BCUT2D eigenvalue weighted by Crippen LogP contribution is 2.04. The molecular weight excluding hydrogens is 210 g/mol. The molecule has 0 aliphatic carbocycles. The van der Waals surface area contributed by atoms with Gasteiger partial charge >= 0.3 is 5.97 Å². The largest absolute Gasteiger partial charge is 0.480 e. The summed E-state index contributed by atoms with van der Waals surface area (Å²) in [5.74, 6) is -0.841. The van der Waals surface area contributed by atoms with Gasteiger partial charge in [0.2, 0.25) is 0 Å². The fourth-order valence-electron chi connectivity index (χ4n) is 0.497. The lowest BCUT2D eigenvalue weighted by molar-refractivity contribution is -0.139. The van der Waals surface area contributed by atoms with E-state index < -0.39 is 22.1 Å². The zero-order valence-corrected chi connectivity index (χ0v) is 9.28. The van der Waals surface area contributed by atoms with Gasteiger partial charge < -0.3 is 10.8 Å². The Balaban J connectivity index is 0. The highest BCUT2D eigenvalue weighted by molar-refractivity contribution is 7.85. The van der Waals surface area contributed by atoms with Crippen molar-refractivity contribution < 1.29 is 22.9 Å². The van der Waals surface area contributed by atoms with Gasteiger partial charge in [-0.15, -0.1) is 0 Å². The zero-order valence-electron chi connectivity index (χ0n) is 8.47. The number of nitrogens with two attached hydrogens (primary N) is 1. The summed E-state index contributed by atoms with van der Waals surface area (Å²) >= 11 is 0. The Labute approximate surface area is 83.9 Å². The number of carboxylic acids is 1. The normalized spacial score (nSPS) is 14.9. The van der Waals surface area contributed by atoms with Crippen LogP contribution in [0.15, 0.2) is 0 Å². The van der Waals surface area contributed by atoms with E-state index in [1.165, 1.54) is 0 Å². The van der Waals surface area contributed by atoms with E-state index in [1.807, 2.05) is 13.8 Å². The van der Waals surface area contributed by atoms with Gasteiger partial charge in [0, 0.05) is 0 Å². The van der Waals surface area contributed by atoms with Gasteiger partial charge in [-0.3, -0.25) is 9.35 Å². The van der Waals surface area contributed by atoms with Crippen LogP contribution in [0.5, 0.6) is 0 Å². The molecule has 0 aromatic heterocycles. The maximum atomic E-state index is 10.2. The molecule has 0 amide bonds. The van der Waals surface area contributed by atoms with Gasteiger partial charge in [0.1, 0.15) is 6.04 Å². The van der Waals surface area contributed by atoms with E-state index in [0.717, 1.165) is 6.42 Å². The molecule has 4 N–H and O–H groups in total. The summed E-state index contributed by atoms with van der Waals surface area (Å²) in [4.78, 5) is 10.2. The summed E-state index contributed by atoms with van der Waals surface area (Å²) < 4.78 is 25.9. The second kappa shape index (κ2) is 6.74. The van der Waals surface area contributed by atoms with Gasteiger partial charge in [-0.2, -0.15) is 8.42 Å². The predicted molar refractivity (Wildman–Crippen MR) is 52.5 cm³/mol. The second-order valence-corrected chi connectivity index (χ2v) is 4.45. The molecule has 86 valence electrons. The second-order valence-electron chi connectivity index (χ2n) is 2.98. The third-order valence-electron chi connectivity index (χ3n) is 1.54. The van der Waals surface area contributed by atoms with Gasteiger partial charge in [-0.25, -0.2) is 0 Å². The average molecular weight is 227 g/mol. The van der Waals surface area contributed by atoms with Crippen LogP contribution < -0.4 is 5.73 Å². The first-order valence-electron chi connectivity index (χ1n) is 4.00. The smallest absolute Gasteiger partial charge is 0.320 e. The fourth-order valence-corrected chi connectivity index (χ4v) is 0.497. The molecule has 0 saturated carbocycles. The Morgan fingerprint density at radius 2 is 1.79 bits per heavy atom. The third kappa shape index (κ3) is 13.9. The molecule has 7 heteroatoms. The first-order chi connectivity index (χ1) is 6.09. The summed E-state index contributed by atoms with van der Waals surface area (Å²) in [6, 6.07) is -0.699. The van der Waals surface area contributed by atoms with Crippen LogP contribution in [-0.2, 0) is 14.9 Å². The molecule has 0 rings (SSSR count). The van der Waals surface area contributed by atoms with Crippen molar-refractivity contribution in [1.82, 2.24) is 0 Å². The molecular formula is C7H17NO5S. The van der Waals surface area contributed by atoms with E-state index in [2.05, 4.69) is 0 Å². The standard InChI is InChI=1S/C6H13NO2.CH4O3S/c1-3-4(2)5(7)6(8)9;1-5(2,3)4/h4-5H,3,7H2,1-2H3,(H,8,9);1H3,(H,2,3,4). The Morgan fingerprint density at radius 3 is 1.86 bits per heavy atom. The van der Waals surface area contributed by atoms with Crippen molar-refractivity contribution in [3.8, 4) is 0 Å². The Bertz CT molecular complexity index is 253. The van der Waals surface area contributed by atoms with Crippen molar-refractivity contribution in [3.05, 3.63) is 0 Å². The van der Waals surface area contributed by atoms with Crippen LogP contribution in [0.1, 0.15) is 20.3 Å². The summed E-state index contributed by atoms with van der Waals surface area (Å²) in [6.07, 6.45) is 1.53. The maximum Gasteiger partial charge on any atom is 0.320 e. The molecule has 0 aliphatic rings. The van der Waals surface area contributed by atoms with Crippen LogP contribution in [-0.4, -0.2) is 36.3 Å². The van der Waals surface area contributed by atoms with Crippen LogP contribution in [0.4, 0.5) is 0 Å². The van der Waals surface area contributed by atoms with Gasteiger partial charge in [0.05, 0.1) is 6.26 Å². The van der Waals surface area contributed by atoms with Gasteiger partial charge in [-0.05, 0) is 5.92 Å². The molecule has 6 nitrogen and oxygen atoms in total. The van der Waals surface area contributed by atoms with Crippen LogP contribution >= 0.6 is 0 Å². The minimum atomic E-state index is -3.67. The quantitative estimate of drug-likeness (QED) is 0.582. The van der Waals surface area contributed by atoms with Crippen LogP contribution in [0.2, 0.25) is 0 Å². The molecule has 0 fully saturated rings. The van der Waals surface area contributed by atoms with E-state index in [0.29, 0.717) is 6.26 Å². The fraction of sp³-hybridized carbons (Fsp3) is 0.857. The molecule has 0 bridgehead atoms. The zero-order chi connectivity index (χ0) is 11.9. The molecule has 0 aliphatic heterocycles. The van der Waals surface area contributed by atoms with Gasteiger partial charge in [-0.1, -0.05) is 20.3 Å². The number of carbonyl (C=O) groups is 1. The molecule has 0 aromatic rings. The molecule has 0 spiro atoms. The van der Waals surface area contributed by atoms with Crippen molar-refractivity contribution >= 4 is 16.1 Å². The Hall–Kier alpha value is -0.660. The van der Waals surface area contributed by atoms with Crippen LogP contribution in [0.25, 0.3) is 0 Å². The van der Waals surface area contributed by atoms with Crippen molar-refractivity contribution in [2.75, 3.05) is 6.26 Å². The lowest BCUT2D eigenvalue weighted by atomic mass is 10.0. The molecule has 0 saturated heterocycles. The van der Waals surface area contributed by atoms with E-state index in [-0.39, 0.29) is 5.92 Å². The molecule has 2 unspecified atom stereocenters. The van der Waals surface area contributed by atoms with Crippen molar-refractivity contribution in [2.24, 2.45) is 11.7 Å². The van der Waals surface area contributed by atoms with Gasteiger partial charge in [0.25, 0.3) is 10.1 Å². The van der Waals surface area contributed by atoms with Crippen molar-refractivity contribution in [2.45, 2.75) is 26.3 Å². The summed E-state index contributed by atoms with van der Waals surface area (Å²) in [6.45, 7) is 3.76. The van der Waals surface area contributed by atoms with Crippen molar-refractivity contribution in [1.29, 1.82) is 0 Å². The number of carboxylic acid groups (broad SMARTS) is 1. The molecule has 14 heavy (non-hydrogen) atoms.